The molecule has 2 aromatic rings. The van der Waals surface area contributed by atoms with E-state index in [-0.39, 0.29) is 17.5 Å². The van der Waals surface area contributed by atoms with Gasteiger partial charge in [0.1, 0.15) is 5.69 Å². The van der Waals surface area contributed by atoms with Gasteiger partial charge in [0.15, 0.2) is 0 Å². The van der Waals surface area contributed by atoms with Gasteiger partial charge in [-0.1, -0.05) is 48.4 Å². The largest absolute Gasteiger partial charge is 0.477 e. The molecule has 1 heterocycles. The Morgan fingerprint density at radius 1 is 1.11 bits per heavy atom. The number of nitrogens with zero attached hydrogens (tertiary/aromatic N) is 1. The lowest BCUT2D eigenvalue weighted by atomic mass is 9.96. The van der Waals surface area contributed by atoms with Crippen LogP contribution in [0.4, 0.5) is 13.2 Å². The molecule has 2 saturated carbocycles. The Morgan fingerprint density at radius 3 is 2.53 bits per heavy atom. The number of carboxylic acid groups (broad SMARTS) is 1. The molecule has 36 heavy (non-hydrogen) atoms. The molecule has 0 radical (unpaired) electrons. The van der Waals surface area contributed by atoms with Gasteiger partial charge in [0, 0.05) is 32.8 Å². The molecule has 2 unspecified atom stereocenters. The molecule has 0 saturated heterocycles. The number of carboxylic acids is 1. The molecule has 1 N–H and O–H groups in total. The lowest BCUT2D eigenvalue weighted by Gasteiger charge is -2.24. The summed E-state index contributed by atoms with van der Waals surface area (Å²) in [5.74, 6) is -0.885. The molecule has 7 heteroatoms. The number of hydrogen-bond acceptors (Lipinski definition) is 2. The minimum atomic E-state index is -4.35. The molecule has 3 nitrogen and oxygen atoms in total. The van der Waals surface area contributed by atoms with Crippen LogP contribution in [-0.2, 0) is 6.54 Å². The maximum absolute atomic E-state index is 13.4. The Labute approximate surface area is 212 Å². The van der Waals surface area contributed by atoms with Crippen molar-refractivity contribution in [3.05, 3.63) is 63.8 Å². The van der Waals surface area contributed by atoms with Crippen molar-refractivity contribution in [2.24, 2.45) is 11.8 Å². The molecule has 2 fully saturated rings. The quantitative estimate of drug-likeness (QED) is 0.474. The fourth-order valence-electron chi connectivity index (χ4n) is 5.74. The van der Waals surface area contributed by atoms with E-state index in [0.29, 0.717) is 23.8 Å². The van der Waals surface area contributed by atoms with E-state index in [9.17, 15) is 23.1 Å². The van der Waals surface area contributed by atoms with Gasteiger partial charge in [-0.05, 0) is 68.1 Å². The second-order valence-electron chi connectivity index (χ2n) is 10.3. The van der Waals surface area contributed by atoms with Crippen molar-refractivity contribution in [2.45, 2.75) is 67.8 Å². The Morgan fingerprint density at radius 2 is 1.86 bits per heavy atom. The maximum atomic E-state index is 13.4. The van der Waals surface area contributed by atoms with Gasteiger partial charge in [-0.3, -0.25) is 0 Å². The number of allylic oxidation sites excluding steroid dienone is 4. The van der Waals surface area contributed by atoms with Crippen molar-refractivity contribution in [2.75, 3.05) is 0 Å². The lowest BCUT2D eigenvalue weighted by Crippen LogP contribution is -2.32. The molecule has 2 atom stereocenters. The zero-order valence-corrected chi connectivity index (χ0v) is 20.7. The summed E-state index contributed by atoms with van der Waals surface area (Å²) in [5.41, 5.74) is 2.03. The molecule has 188 valence electrons. The van der Waals surface area contributed by atoms with E-state index in [0.717, 1.165) is 41.0 Å². The molecule has 4 aliphatic carbocycles. The number of thioether (sulfide) groups is 1. The topological polar surface area (TPSA) is 42.2 Å². The molecular formula is C29H28F3NO2S. The predicted molar refractivity (Wildman–Crippen MR) is 136 cm³/mol. The van der Waals surface area contributed by atoms with E-state index in [4.69, 9.17) is 0 Å². The monoisotopic (exact) mass is 511 g/mol. The van der Waals surface area contributed by atoms with Gasteiger partial charge in [0.2, 0.25) is 0 Å². The highest BCUT2D eigenvalue weighted by Crippen LogP contribution is 2.52. The lowest BCUT2D eigenvalue weighted by molar-refractivity contribution is -0.0888. The van der Waals surface area contributed by atoms with Crippen molar-refractivity contribution in [3.63, 3.8) is 0 Å². The van der Waals surface area contributed by atoms with Crippen LogP contribution in [0.1, 0.15) is 55.4 Å². The van der Waals surface area contributed by atoms with Gasteiger partial charge in [-0.15, -0.1) is 11.8 Å². The molecule has 1 aromatic carbocycles. The van der Waals surface area contributed by atoms with E-state index >= 15 is 0 Å². The van der Waals surface area contributed by atoms with Gasteiger partial charge in [0.25, 0.3) is 0 Å². The van der Waals surface area contributed by atoms with Crippen molar-refractivity contribution >= 4 is 29.9 Å². The van der Waals surface area contributed by atoms with Crippen molar-refractivity contribution < 1.29 is 23.1 Å². The van der Waals surface area contributed by atoms with Crippen LogP contribution < -0.4 is 10.6 Å². The standard InChI is InChI=1S/C29H28F3NO2S/c30-29(31,32)20-14-18(24-16-19(24)15-20)12-13-33-25-7-2-1-6-23(25)26(27(33)28(34)35)17-8-10-22(11-9-17)36-21-4-3-5-21/h6-11,14-15,19,21,24H,1-5,12-13,16H2,(H,34,35). The Balaban J connectivity index is 1.35. The molecule has 0 aliphatic heterocycles. The van der Waals surface area contributed by atoms with Gasteiger partial charge in [-0.2, -0.15) is 13.2 Å². The van der Waals surface area contributed by atoms with Gasteiger partial charge in [0.05, 0.1) is 5.57 Å². The van der Waals surface area contributed by atoms with Gasteiger partial charge >= 0.3 is 12.1 Å². The normalized spacial score (nSPS) is 22.9. The second kappa shape index (κ2) is 9.02. The zero-order valence-electron chi connectivity index (χ0n) is 19.9. The highest BCUT2D eigenvalue weighted by atomic mass is 32.2. The molecule has 4 aliphatic rings. The van der Waals surface area contributed by atoms with Crippen molar-refractivity contribution in [1.29, 1.82) is 0 Å². The number of fused-ring (bicyclic) bond motifs is 2. The van der Waals surface area contributed by atoms with E-state index in [1.165, 1.54) is 36.3 Å². The third-order valence-electron chi connectivity index (χ3n) is 7.90. The Kier molecular flexibility index (Phi) is 5.94. The van der Waals surface area contributed by atoms with E-state index in [2.05, 4.69) is 24.3 Å². The van der Waals surface area contributed by atoms with Crippen LogP contribution in [0.2, 0.25) is 0 Å². The second-order valence-corrected chi connectivity index (χ2v) is 11.6. The maximum Gasteiger partial charge on any atom is 0.416 e. The molecule has 0 spiro atoms. The highest BCUT2D eigenvalue weighted by Gasteiger charge is 2.45. The molecule has 0 amide bonds. The van der Waals surface area contributed by atoms with Crippen molar-refractivity contribution in [1.82, 2.24) is 4.57 Å². The van der Waals surface area contributed by atoms with Crippen LogP contribution in [0.25, 0.3) is 23.3 Å². The number of carbonyl (C=O) groups is 1. The molecule has 6 rings (SSSR count). The molecular weight excluding hydrogens is 483 g/mol. The van der Waals surface area contributed by atoms with Gasteiger partial charge in [-0.25, -0.2) is 4.79 Å². The summed E-state index contributed by atoms with van der Waals surface area (Å²) in [5, 5.41) is 12.8. The average Bonchev–Trinajstić information content (AvgIpc) is 3.54. The number of halogens is 3. The Hall–Kier alpha value is -2.67. The summed E-state index contributed by atoms with van der Waals surface area (Å²) >= 11 is 1.88. The number of alkyl halides is 3. The summed E-state index contributed by atoms with van der Waals surface area (Å²) < 4.78 is 41.9. The molecule has 0 bridgehead atoms. The fraction of sp³-hybridized carbons (Fsp3) is 0.414. The van der Waals surface area contributed by atoms with Gasteiger partial charge < -0.3 is 9.67 Å². The summed E-state index contributed by atoms with van der Waals surface area (Å²) in [4.78, 5) is 13.8. The van der Waals surface area contributed by atoms with Crippen LogP contribution in [-0.4, -0.2) is 27.1 Å². The van der Waals surface area contributed by atoms with Crippen molar-refractivity contribution in [3.8, 4) is 11.1 Å². The van der Waals surface area contributed by atoms with E-state index in [1.807, 2.05) is 28.5 Å². The predicted octanol–water partition coefficient (Wildman–Crippen LogP) is 6.31. The summed E-state index contributed by atoms with van der Waals surface area (Å²) in [6.45, 7) is 0.351. The third kappa shape index (κ3) is 4.36. The molecule has 1 aromatic heterocycles. The highest BCUT2D eigenvalue weighted by molar-refractivity contribution is 8.00. The van der Waals surface area contributed by atoms with Crippen LogP contribution >= 0.6 is 11.8 Å². The average molecular weight is 512 g/mol. The first-order valence-electron chi connectivity index (χ1n) is 12.7. The smallest absolute Gasteiger partial charge is 0.416 e. The third-order valence-corrected chi connectivity index (χ3v) is 9.25. The Bertz CT molecular complexity index is 1390. The number of aromatic nitrogens is 1. The van der Waals surface area contributed by atoms with E-state index in [1.54, 1.807) is 0 Å². The first kappa shape index (κ1) is 23.7. The minimum Gasteiger partial charge on any atom is -0.477 e. The van der Waals surface area contributed by atoms with Crippen LogP contribution in [0.5, 0.6) is 0 Å². The van der Waals surface area contributed by atoms with Crippen LogP contribution in [0, 0.1) is 11.8 Å². The van der Waals surface area contributed by atoms with E-state index < -0.39 is 17.7 Å². The number of aromatic carboxylic acids is 1. The number of hydrogen-bond donors (Lipinski definition) is 1. The summed E-state index contributed by atoms with van der Waals surface area (Å²) in [6, 6.07) is 8.17. The summed E-state index contributed by atoms with van der Waals surface area (Å²) in [7, 11) is 0. The fourth-order valence-corrected chi connectivity index (χ4v) is 6.99. The number of benzene rings is 1. The SMILES string of the molecule is O=C(O)c1c(-c2ccc(SC3CCC3)cc2)c2c(n1CCC1=CC(C(F)(F)F)=CC3CC13)=CCCC=2. The first-order chi connectivity index (χ1) is 17.3. The zero-order chi connectivity index (χ0) is 25.0. The minimum absolute atomic E-state index is 0.0362. The first-order valence-corrected chi connectivity index (χ1v) is 13.6. The van der Waals surface area contributed by atoms with Crippen LogP contribution in [0.3, 0.4) is 0 Å². The summed E-state index contributed by atoms with van der Waals surface area (Å²) in [6.07, 6.45) is 9.07. The van der Waals surface area contributed by atoms with Crippen LogP contribution in [0.15, 0.2) is 52.5 Å². The number of rotatable bonds is 7.